The van der Waals surface area contributed by atoms with Crippen LogP contribution in [0.5, 0.6) is 5.75 Å². The van der Waals surface area contributed by atoms with Crippen LogP contribution in [-0.2, 0) is 6.42 Å². The van der Waals surface area contributed by atoms with Crippen LogP contribution in [0.4, 0.5) is 17.6 Å². The molecule has 0 fully saturated rings. The van der Waals surface area contributed by atoms with Gasteiger partial charge in [0.15, 0.2) is 0 Å². The van der Waals surface area contributed by atoms with E-state index >= 15 is 0 Å². The topological polar surface area (TPSA) is 22.1 Å². The Hall–Kier alpha value is -1.33. The molecule has 1 aromatic heterocycles. The van der Waals surface area contributed by atoms with Crippen molar-refractivity contribution in [1.29, 1.82) is 0 Å². The lowest BCUT2D eigenvalue weighted by Gasteiger charge is -2.14. The molecule has 2 rings (SSSR count). The molecular weight excluding hydrogens is 262 g/mol. The molecule has 0 aliphatic heterocycles. The first-order valence-electron chi connectivity index (χ1n) is 6.19. The van der Waals surface area contributed by atoms with Crippen molar-refractivity contribution in [2.24, 2.45) is 0 Å². The quantitative estimate of drug-likeness (QED) is 0.604. The second-order valence-corrected chi connectivity index (χ2v) is 4.60. The predicted octanol–water partition coefficient (Wildman–Crippen LogP) is 3.76. The molecule has 1 aliphatic carbocycles. The highest BCUT2D eigenvalue weighted by Gasteiger charge is 2.36. The molecule has 0 radical (unpaired) electrons. The van der Waals surface area contributed by atoms with Gasteiger partial charge < -0.3 is 4.74 Å². The molecule has 2 nitrogen and oxygen atoms in total. The maximum Gasteiger partial charge on any atom is 0.280 e. The largest absolute Gasteiger partial charge is 0.492 e. The highest BCUT2D eigenvalue weighted by Crippen LogP contribution is 2.43. The summed E-state index contributed by atoms with van der Waals surface area (Å²) in [6.45, 7) is 1.17. The maximum absolute atomic E-state index is 13.7. The van der Waals surface area contributed by atoms with E-state index in [9.17, 15) is 17.6 Å². The first kappa shape index (κ1) is 14.1. The molecule has 19 heavy (non-hydrogen) atoms. The van der Waals surface area contributed by atoms with E-state index in [2.05, 4.69) is 4.98 Å². The van der Waals surface area contributed by atoms with Crippen LogP contribution in [0.3, 0.4) is 0 Å². The zero-order valence-electron chi connectivity index (χ0n) is 10.5. The number of alkyl halides is 4. The fraction of sp³-hybridized carbons (Fsp3) is 0.615. The van der Waals surface area contributed by atoms with E-state index in [1.807, 2.05) is 0 Å². The standard InChI is InChI=1S/C13H15F4NO/c1-7-9(15)5-8-10(19-4-2-3-14)6-18-12(11(7)8)13(16)17/h6-7,9,13H,2-5H2,1H3/t7-,9-/m1/s1. The third-order valence-electron chi connectivity index (χ3n) is 3.36. The highest BCUT2D eigenvalue weighted by atomic mass is 19.3. The van der Waals surface area contributed by atoms with Crippen molar-refractivity contribution in [2.45, 2.75) is 38.3 Å². The summed E-state index contributed by atoms with van der Waals surface area (Å²) < 4.78 is 56.8. The van der Waals surface area contributed by atoms with E-state index in [0.717, 1.165) is 0 Å². The van der Waals surface area contributed by atoms with Gasteiger partial charge in [-0.2, -0.15) is 0 Å². The fourth-order valence-corrected chi connectivity index (χ4v) is 2.37. The molecule has 6 heteroatoms. The molecule has 0 unspecified atom stereocenters. The van der Waals surface area contributed by atoms with Gasteiger partial charge in [-0.3, -0.25) is 9.37 Å². The van der Waals surface area contributed by atoms with Crippen molar-refractivity contribution in [3.63, 3.8) is 0 Å². The lowest BCUT2D eigenvalue weighted by molar-refractivity contribution is 0.143. The summed E-state index contributed by atoms with van der Waals surface area (Å²) in [6.07, 6.45) is -2.51. The second kappa shape index (κ2) is 5.75. The van der Waals surface area contributed by atoms with Gasteiger partial charge in [0.05, 0.1) is 19.5 Å². The third-order valence-corrected chi connectivity index (χ3v) is 3.36. The molecule has 106 valence electrons. The van der Waals surface area contributed by atoms with Crippen molar-refractivity contribution in [3.05, 3.63) is 23.0 Å². The Balaban J connectivity index is 2.34. The lowest BCUT2D eigenvalue weighted by Crippen LogP contribution is -2.06. The van der Waals surface area contributed by atoms with Gasteiger partial charge in [-0.15, -0.1) is 0 Å². The average molecular weight is 277 g/mol. The summed E-state index contributed by atoms with van der Waals surface area (Å²) >= 11 is 0. The molecule has 1 heterocycles. The summed E-state index contributed by atoms with van der Waals surface area (Å²) in [7, 11) is 0. The first-order valence-corrected chi connectivity index (χ1v) is 6.19. The molecule has 0 saturated heterocycles. The number of hydrogen-bond donors (Lipinski definition) is 0. The molecule has 0 spiro atoms. The number of halogens is 4. The highest BCUT2D eigenvalue weighted by molar-refractivity contribution is 5.48. The number of fused-ring (bicyclic) bond motifs is 1. The van der Waals surface area contributed by atoms with Crippen molar-refractivity contribution in [2.75, 3.05) is 13.3 Å². The zero-order chi connectivity index (χ0) is 14.0. The van der Waals surface area contributed by atoms with E-state index in [0.29, 0.717) is 11.3 Å². The lowest BCUT2D eigenvalue weighted by atomic mass is 10.0. The smallest absolute Gasteiger partial charge is 0.280 e. The van der Waals surface area contributed by atoms with Gasteiger partial charge in [0.1, 0.15) is 17.6 Å². The number of ether oxygens (including phenoxy) is 1. The summed E-state index contributed by atoms with van der Waals surface area (Å²) in [4.78, 5) is 3.68. The van der Waals surface area contributed by atoms with Gasteiger partial charge >= 0.3 is 0 Å². The maximum atomic E-state index is 13.7. The van der Waals surface area contributed by atoms with E-state index in [1.54, 1.807) is 6.92 Å². The van der Waals surface area contributed by atoms with Crippen LogP contribution in [0.25, 0.3) is 0 Å². The third kappa shape index (κ3) is 2.67. The normalized spacial score (nSPS) is 21.8. The predicted molar refractivity (Wildman–Crippen MR) is 62.3 cm³/mol. The SMILES string of the molecule is C[C@H]1c2c(C(F)F)ncc(OCCCF)c2C[C@H]1F. The average Bonchev–Trinajstić information content (AvgIpc) is 2.67. The fourth-order valence-electron chi connectivity index (χ4n) is 2.37. The molecule has 0 N–H and O–H groups in total. The Bertz CT molecular complexity index is 453. The van der Waals surface area contributed by atoms with E-state index in [4.69, 9.17) is 4.74 Å². The molecule has 1 aromatic rings. The number of hydrogen-bond acceptors (Lipinski definition) is 2. The molecule has 1 aliphatic rings. The first-order chi connectivity index (χ1) is 9.06. The van der Waals surface area contributed by atoms with Gasteiger partial charge in [-0.05, 0) is 5.56 Å². The van der Waals surface area contributed by atoms with Crippen LogP contribution in [0.15, 0.2) is 6.20 Å². The molecule has 0 saturated carbocycles. The van der Waals surface area contributed by atoms with Gasteiger partial charge in [0, 0.05) is 24.3 Å². The van der Waals surface area contributed by atoms with Crippen molar-refractivity contribution >= 4 is 0 Å². The molecule has 0 aromatic carbocycles. The zero-order valence-corrected chi connectivity index (χ0v) is 10.5. The van der Waals surface area contributed by atoms with E-state index in [1.165, 1.54) is 6.20 Å². The minimum Gasteiger partial charge on any atom is -0.492 e. The Morgan fingerprint density at radius 3 is 2.84 bits per heavy atom. The van der Waals surface area contributed by atoms with Crippen LogP contribution in [-0.4, -0.2) is 24.4 Å². The second-order valence-electron chi connectivity index (χ2n) is 4.60. The molecular formula is C13H15F4NO. The summed E-state index contributed by atoms with van der Waals surface area (Å²) in [5, 5.41) is 0. The number of nitrogens with zero attached hydrogens (tertiary/aromatic N) is 1. The monoisotopic (exact) mass is 277 g/mol. The van der Waals surface area contributed by atoms with Crippen LogP contribution >= 0.6 is 0 Å². The number of aromatic nitrogens is 1. The van der Waals surface area contributed by atoms with Gasteiger partial charge in [-0.25, -0.2) is 13.2 Å². The van der Waals surface area contributed by atoms with Crippen molar-refractivity contribution < 1.29 is 22.3 Å². The van der Waals surface area contributed by atoms with Gasteiger partial charge in [0.2, 0.25) is 0 Å². The summed E-state index contributed by atoms with van der Waals surface area (Å²) in [6, 6.07) is 0. The summed E-state index contributed by atoms with van der Waals surface area (Å²) in [5.74, 6) is -0.323. The van der Waals surface area contributed by atoms with E-state index in [-0.39, 0.29) is 30.7 Å². The number of rotatable bonds is 5. The van der Waals surface area contributed by atoms with Crippen LogP contribution in [0.1, 0.15) is 42.5 Å². The van der Waals surface area contributed by atoms with E-state index < -0.39 is 25.2 Å². The Labute approximate surface area is 108 Å². The Kier molecular flexibility index (Phi) is 4.27. The minimum absolute atomic E-state index is 0.0453. The molecule has 0 amide bonds. The van der Waals surface area contributed by atoms with Crippen LogP contribution in [0.2, 0.25) is 0 Å². The van der Waals surface area contributed by atoms with Crippen molar-refractivity contribution in [1.82, 2.24) is 4.98 Å². The Morgan fingerprint density at radius 1 is 1.47 bits per heavy atom. The minimum atomic E-state index is -2.73. The van der Waals surface area contributed by atoms with Crippen molar-refractivity contribution in [3.8, 4) is 5.75 Å². The van der Waals surface area contributed by atoms with Crippen LogP contribution in [0, 0.1) is 0 Å². The Morgan fingerprint density at radius 2 is 2.21 bits per heavy atom. The molecule has 0 bridgehead atoms. The van der Waals surface area contributed by atoms with Crippen LogP contribution < -0.4 is 4.74 Å². The van der Waals surface area contributed by atoms with Gasteiger partial charge in [-0.1, -0.05) is 6.92 Å². The summed E-state index contributed by atoms with van der Waals surface area (Å²) in [5.41, 5.74) is 0.324. The number of pyridine rings is 1. The molecule has 2 atom stereocenters. The van der Waals surface area contributed by atoms with Gasteiger partial charge in [0.25, 0.3) is 6.43 Å².